The van der Waals surface area contributed by atoms with Crippen LogP contribution in [0.15, 0.2) is 18.3 Å². The Kier molecular flexibility index (Phi) is 3.38. The summed E-state index contributed by atoms with van der Waals surface area (Å²) in [6.07, 6.45) is 3.95. The van der Waals surface area contributed by atoms with Gasteiger partial charge >= 0.3 is 0 Å². The SMILES string of the molecule is CCc1ccc(O)c2c(CCN(C)C)c[nH]c12. The average Bonchev–Trinajstić information content (AvgIpc) is 2.72. The minimum atomic E-state index is 0.382. The molecule has 0 atom stereocenters. The number of nitrogens with zero attached hydrogens (tertiary/aromatic N) is 1. The van der Waals surface area contributed by atoms with Gasteiger partial charge in [-0.05, 0) is 44.1 Å². The van der Waals surface area contributed by atoms with Crippen molar-refractivity contribution in [1.29, 1.82) is 0 Å². The first-order valence-electron chi connectivity index (χ1n) is 6.09. The van der Waals surface area contributed by atoms with Crippen molar-refractivity contribution >= 4 is 10.9 Å². The van der Waals surface area contributed by atoms with Crippen molar-refractivity contribution in [2.75, 3.05) is 20.6 Å². The summed E-state index contributed by atoms with van der Waals surface area (Å²) in [4.78, 5) is 5.45. The molecule has 0 amide bonds. The molecule has 0 spiro atoms. The van der Waals surface area contributed by atoms with Gasteiger partial charge in [0.25, 0.3) is 0 Å². The van der Waals surface area contributed by atoms with Crippen molar-refractivity contribution in [1.82, 2.24) is 9.88 Å². The predicted molar refractivity (Wildman–Crippen MR) is 71.6 cm³/mol. The Bertz CT molecular complexity index is 514. The van der Waals surface area contributed by atoms with Crippen LogP contribution in [0.1, 0.15) is 18.1 Å². The number of likely N-dealkylation sites (N-methyl/N-ethyl adjacent to an activating group) is 1. The Balaban J connectivity index is 2.44. The van der Waals surface area contributed by atoms with E-state index in [1.807, 2.05) is 12.3 Å². The zero-order valence-corrected chi connectivity index (χ0v) is 10.7. The van der Waals surface area contributed by atoms with E-state index in [0.29, 0.717) is 5.75 Å². The molecule has 0 aliphatic rings. The lowest BCUT2D eigenvalue weighted by Gasteiger charge is -2.09. The van der Waals surface area contributed by atoms with Gasteiger partial charge in [0.15, 0.2) is 0 Å². The Morgan fingerprint density at radius 1 is 1.24 bits per heavy atom. The molecule has 2 aromatic rings. The molecule has 0 aliphatic carbocycles. The van der Waals surface area contributed by atoms with Crippen LogP contribution in [0.25, 0.3) is 10.9 Å². The summed E-state index contributed by atoms with van der Waals surface area (Å²) in [6, 6.07) is 3.79. The summed E-state index contributed by atoms with van der Waals surface area (Å²) in [6.45, 7) is 3.12. The van der Waals surface area contributed by atoms with E-state index in [2.05, 4.69) is 30.9 Å². The summed E-state index contributed by atoms with van der Waals surface area (Å²) >= 11 is 0. The van der Waals surface area contributed by atoms with Gasteiger partial charge in [-0.1, -0.05) is 13.0 Å². The molecule has 1 heterocycles. The van der Waals surface area contributed by atoms with Crippen LogP contribution in [0.2, 0.25) is 0 Å². The smallest absolute Gasteiger partial charge is 0.125 e. The van der Waals surface area contributed by atoms with E-state index in [4.69, 9.17) is 0 Å². The Morgan fingerprint density at radius 3 is 2.65 bits per heavy atom. The topological polar surface area (TPSA) is 39.3 Å². The fraction of sp³-hybridized carbons (Fsp3) is 0.429. The molecule has 3 nitrogen and oxygen atoms in total. The summed E-state index contributed by atoms with van der Waals surface area (Å²) in [5.41, 5.74) is 3.54. The summed E-state index contributed by atoms with van der Waals surface area (Å²) < 4.78 is 0. The van der Waals surface area contributed by atoms with Crippen molar-refractivity contribution in [3.63, 3.8) is 0 Å². The monoisotopic (exact) mass is 232 g/mol. The van der Waals surface area contributed by atoms with Crippen molar-refractivity contribution < 1.29 is 5.11 Å². The van der Waals surface area contributed by atoms with Crippen molar-refractivity contribution in [3.05, 3.63) is 29.5 Å². The lowest BCUT2D eigenvalue weighted by molar-refractivity contribution is 0.414. The van der Waals surface area contributed by atoms with E-state index in [1.54, 1.807) is 6.07 Å². The number of aromatic amines is 1. The molecule has 1 aromatic carbocycles. The number of phenolic OH excluding ortho intramolecular Hbond substituents is 1. The number of aromatic nitrogens is 1. The lowest BCUT2D eigenvalue weighted by atomic mass is 10.0. The maximum absolute atomic E-state index is 9.99. The van der Waals surface area contributed by atoms with Crippen molar-refractivity contribution in [3.8, 4) is 5.75 Å². The highest BCUT2D eigenvalue weighted by Crippen LogP contribution is 2.30. The zero-order valence-electron chi connectivity index (χ0n) is 10.7. The van der Waals surface area contributed by atoms with Gasteiger partial charge in [0.05, 0.1) is 5.52 Å². The third kappa shape index (κ3) is 2.29. The molecule has 2 rings (SSSR count). The number of nitrogens with one attached hydrogen (secondary N) is 1. The van der Waals surface area contributed by atoms with Gasteiger partial charge in [-0.25, -0.2) is 0 Å². The standard InChI is InChI=1S/C14H20N2O/c1-4-10-5-6-12(17)13-11(7-8-16(2)3)9-15-14(10)13/h5-6,9,15,17H,4,7-8H2,1-3H3. The Hall–Kier alpha value is -1.48. The van der Waals surface area contributed by atoms with E-state index in [1.165, 1.54) is 11.1 Å². The Labute approximate surface area is 102 Å². The van der Waals surface area contributed by atoms with Gasteiger partial charge in [0.1, 0.15) is 5.75 Å². The molecule has 0 fully saturated rings. The molecule has 92 valence electrons. The number of H-pyrrole nitrogens is 1. The first-order valence-corrected chi connectivity index (χ1v) is 6.09. The normalized spacial score (nSPS) is 11.5. The number of fused-ring (bicyclic) bond motifs is 1. The quantitative estimate of drug-likeness (QED) is 0.850. The number of aromatic hydroxyl groups is 1. The van der Waals surface area contributed by atoms with Crippen LogP contribution in [0, 0.1) is 0 Å². The van der Waals surface area contributed by atoms with Gasteiger partial charge in [-0.2, -0.15) is 0 Å². The van der Waals surface area contributed by atoms with E-state index < -0.39 is 0 Å². The molecule has 3 heteroatoms. The molecular weight excluding hydrogens is 212 g/mol. The molecule has 0 radical (unpaired) electrons. The minimum Gasteiger partial charge on any atom is -0.507 e. The number of aryl methyl sites for hydroxylation is 1. The van der Waals surface area contributed by atoms with E-state index >= 15 is 0 Å². The first-order chi connectivity index (χ1) is 8.13. The fourth-order valence-corrected chi connectivity index (χ4v) is 2.19. The van der Waals surface area contributed by atoms with Crippen LogP contribution in [0.3, 0.4) is 0 Å². The predicted octanol–water partition coefficient (Wildman–Crippen LogP) is 2.54. The number of benzene rings is 1. The largest absolute Gasteiger partial charge is 0.507 e. The fourth-order valence-electron chi connectivity index (χ4n) is 2.19. The van der Waals surface area contributed by atoms with Crippen LogP contribution in [-0.2, 0) is 12.8 Å². The minimum absolute atomic E-state index is 0.382. The second kappa shape index (κ2) is 4.80. The molecule has 2 N–H and O–H groups in total. The molecule has 0 bridgehead atoms. The molecule has 0 saturated carbocycles. The third-order valence-corrected chi connectivity index (χ3v) is 3.19. The summed E-state index contributed by atoms with van der Waals surface area (Å²) in [7, 11) is 4.12. The van der Waals surface area contributed by atoms with Crippen LogP contribution in [0.4, 0.5) is 0 Å². The van der Waals surface area contributed by atoms with E-state index in [-0.39, 0.29) is 0 Å². The van der Waals surface area contributed by atoms with Crippen LogP contribution in [-0.4, -0.2) is 35.6 Å². The number of hydrogen-bond acceptors (Lipinski definition) is 2. The molecule has 0 saturated heterocycles. The highest BCUT2D eigenvalue weighted by atomic mass is 16.3. The number of phenols is 1. The molecule has 1 aromatic heterocycles. The second-order valence-electron chi connectivity index (χ2n) is 4.71. The molecule has 17 heavy (non-hydrogen) atoms. The van der Waals surface area contributed by atoms with Crippen LogP contribution in [0.5, 0.6) is 5.75 Å². The maximum atomic E-state index is 9.99. The highest BCUT2D eigenvalue weighted by Gasteiger charge is 2.11. The average molecular weight is 232 g/mol. The third-order valence-electron chi connectivity index (χ3n) is 3.19. The maximum Gasteiger partial charge on any atom is 0.125 e. The Morgan fingerprint density at radius 2 is 2.00 bits per heavy atom. The number of hydrogen-bond donors (Lipinski definition) is 2. The zero-order chi connectivity index (χ0) is 12.4. The van der Waals surface area contributed by atoms with E-state index in [9.17, 15) is 5.11 Å². The van der Waals surface area contributed by atoms with Crippen LogP contribution < -0.4 is 0 Å². The lowest BCUT2D eigenvalue weighted by Crippen LogP contribution is -2.14. The highest BCUT2D eigenvalue weighted by molar-refractivity contribution is 5.91. The van der Waals surface area contributed by atoms with Gasteiger partial charge in [-0.15, -0.1) is 0 Å². The number of rotatable bonds is 4. The molecule has 0 aliphatic heterocycles. The molecule has 0 unspecified atom stereocenters. The van der Waals surface area contributed by atoms with Gasteiger partial charge < -0.3 is 15.0 Å². The van der Waals surface area contributed by atoms with Crippen molar-refractivity contribution in [2.24, 2.45) is 0 Å². The van der Waals surface area contributed by atoms with Gasteiger partial charge in [0, 0.05) is 18.1 Å². The first kappa shape index (κ1) is 12.0. The molecular formula is C14H20N2O. The summed E-state index contributed by atoms with van der Waals surface area (Å²) in [5.74, 6) is 0.382. The van der Waals surface area contributed by atoms with Crippen LogP contribution >= 0.6 is 0 Å². The summed E-state index contributed by atoms with van der Waals surface area (Å²) in [5, 5.41) is 11.0. The van der Waals surface area contributed by atoms with E-state index in [0.717, 1.165) is 30.3 Å². The second-order valence-corrected chi connectivity index (χ2v) is 4.71. The van der Waals surface area contributed by atoms with Gasteiger partial charge in [-0.3, -0.25) is 0 Å². The van der Waals surface area contributed by atoms with Crippen molar-refractivity contribution in [2.45, 2.75) is 19.8 Å². The van der Waals surface area contributed by atoms with Gasteiger partial charge in [0.2, 0.25) is 0 Å².